The monoisotopic (exact) mass is 968 g/mol. The van der Waals surface area contributed by atoms with E-state index in [1.807, 2.05) is 31.2 Å². The highest BCUT2D eigenvalue weighted by Gasteiger charge is 2.47. The van der Waals surface area contributed by atoms with E-state index in [0.717, 1.165) is 32.6 Å². The number of nitrogens with zero attached hydrogens (tertiary/aromatic N) is 5. The second-order valence-corrected chi connectivity index (χ2v) is 20.9. The van der Waals surface area contributed by atoms with Crippen molar-refractivity contribution in [1.82, 2.24) is 45.1 Å². The van der Waals surface area contributed by atoms with Gasteiger partial charge in [0.05, 0.1) is 35.1 Å². The Bertz CT molecular complexity index is 2500. The zero-order valence-corrected chi connectivity index (χ0v) is 38.5. The molecule has 3 amide bonds. The molecule has 0 radical (unpaired) electrons. The number of aliphatic hydroxyl groups excluding tert-OH is 3. The van der Waals surface area contributed by atoms with Crippen molar-refractivity contribution in [2.45, 2.75) is 109 Å². The second kappa shape index (κ2) is 20.6. The van der Waals surface area contributed by atoms with Crippen LogP contribution in [0.25, 0.3) is 21.6 Å². The lowest BCUT2D eigenvalue weighted by atomic mass is 9.85. The molecule has 9 unspecified atom stereocenters. The number of nitrogens with two attached hydrogens (primary N) is 1. The Morgan fingerprint density at radius 3 is 2.48 bits per heavy atom. The Kier molecular flexibility index (Phi) is 15.8. The van der Waals surface area contributed by atoms with E-state index in [-0.39, 0.29) is 56.0 Å². The molecule has 5 heterocycles. The van der Waals surface area contributed by atoms with Crippen LogP contribution >= 0.6 is 26.9 Å². The number of nitrogens with one attached hydrogen (secondary N) is 4. The molecule has 4 aromatic rings. The van der Waals surface area contributed by atoms with Crippen LogP contribution in [0.1, 0.15) is 70.4 Å². The first-order chi connectivity index (χ1) is 30.5. The van der Waals surface area contributed by atoms with E-state index < -0.39 is 93.6 Å². The molecule has 356 valence electrons. The molecule has 0 bridgehead atoms. The lowest BCUT2D eigenvalue weighted by Gasteiger charge is -2.35. The van der Waals surface area contributed by atoms with E-state index in [2.05, 4.69) is 40.0 Å². The Morgan fingerprint density at radius 1 is 1.08 bits per heavy atom. The standard InChI is InChI=1S/C38H54N10O14P2S/c1-20-30(65-19-42-20)22-11-9-21(10-12-22)15-40-33(53)24-14-23(49)16-47(24)35(55)31(38(2,3)4)44-26(50)8-6-5-7-13-43-63(56,57)62-64(58,59)60-17-25-28(51)29(52)36(61-25)48-18-41-27-32(48)45-37(39)46-34(27)54/h9-12,18-19,23-25,28-29,31,36,49,51-52H,5-8,13-17H2,1-4H3,(H,40,53)(H,44,50)(H,58,59)(H2,43,56,57)(H3,39,45,46,54). The number of hydrogen-bond acceptors (Lipinski definition) is 17. The number of ether oxygens (including phenoxy) is 1. The van der Waals surface area contributed by atoms with Gasteiger partial charge in [0.15, 0.2) is 17.4 Å². The van der Waals surface area contributed by atoms with Gasteiger partial charge in [0, 0.05) is 32.5 Å². The summed E-state index contributed by atoms with van der Waals surface area (Å²) in [5.41, 5.74) is 8.51. The van der Waals surface area contributed by atoms with Gasteiger partial charge in [-0.3, -0.25) is 33.3 Å². The number of carbonyl (C=O) groups is 3. The number of rotatable bonds is 19. The van der Waals surface area contributed by atoms with Crippen molar-refractivity contribution >= 4 is 61.7 Å². The fourth-order valence-electron chi connectivity index (χ4n) is 7.41. The smallest absolute Gasteiger partial charge is 0.391 e. The number of carbonyl (C=O) groups excluding carboxylic acids is 3. The van der Waals surface area contributed by atoms with Gasteiger partial charge in [-0.15, -0.1) is 11.3 Å². The molecule has 65 heavy (non-hydrogen) atoms. The number of aromatic amines is 1. The summed E-state index contributed by atoms with van der Waals surface area (Å²) in [6, 6.07) is 5.70. The summed E-state index contributed by atoms with van der Waals surface area (Å²) in [7, 11) is -10.2. The minimum Gasteiger partial charge on any atom is -0.391 e. The van der Waals surface area contributed by atoms with Crippen LogP contribution < -0.4 is 27.0 Å². The number of fused-ring (bicyclic) bond motifs is 1. The number of phosphoric ester groups is 1. The number of aliphatic hydroxyl groups is 3. The molecule has 0 spiro atoms. The molecule has 27 heteroatoms. The highest BCUT2D eigenvalue weighted by Crippen LogP contribution is 2.58. The first-order valence-corrected chi connectivity index (χ1v) is 24.5. The van der Waals surface area contributed by atoms with Crippen LogP contribution in [0.5, 0.6) is 0 Å². The first-order valence-electron chi connectivity index (χ1n) is 20.6. The van der Waals surface area contributed by atoms with Crippen molar-refractivity contribution in [3.8, 4) is 10.4 Å². The van der Waals surface area contributed by atoms with Gasteiger partial charge in [-0.05, 0) is 36.3 Å². The molecule has 0 saturated carbocycles. The third kappa shape index (κ3) is 12.5. The number of likely N-dealkylation sites (tertiary alicyclic amines) is 1. The average molecular weight is 969 g/mol. The number of hydrogen-bond donors (Lipinski definition) is 10. The summed E-state index contributed by atoms with van der Waals surface area (Å²) in [4.78, 5) is 89.7. The number of imidazole rings is 1. The number of phosphoric acid groups is 1. The van der Waals surface area contributed by atoms with Crippen LogP contribution in [0.15, 0.2) is 40.9 Å². The van der Waals surface area contributed by atoms with Crippen LogP contribution in [0.3, 0.4) is 0 Å². The Balaban J connectivity index is 0.915. The molecule has 9 atom stereocenters. The number of H-pyrrole nitrogens is 1. The fourth-order valence-corrected chi connectivity index (χ4v) is 10.5. The minimum atomic E-state index is -5.27. The largest absolute Gasteiger partial charge is 0.480 e. The molecule has 2 fully saturated rings. The summed E-state index contributed by atoms with van der Waals surface area (Å²) >= 11 is 1.54. The van der Waals surface area contributed by atoms with Gasteiger partial charge < -0.3 is 51.1 Å². The molecular formula is C38H54N10O14P2S. The van der Waals surface area contributed by atoms with Gasteiger partial charge in [0.25, 0.3) is 5.56 Å². The number of nitrogen functional groups attached to an aromatic ring is 1. The maximum Gasteiger partial charge on any atom is 0.480 e. The van der Waals surface area contributed by atoms with Crippen molar-refractivity contribution in [2.75, 3.05) is 25.4 Å². The normalized spacial score (nSPS) is 23.6. The third-order valence-corrected chi connectivity index (χ3v) is 14.6. The van der Waals surface area contributed by atoms with Crippen LogP contribution in [-0.4, -0.2) is 128 Å². The van der Waals surface area contributed by atoms with E-state index in [1.165, 1.54) is 16.2 Å². The molecular weight excluding hydrogens is 914 g/mol. The highest BCUT2D eigenvalue weighted by atomic mass is 32.1. The van der Waals surface area contributed by atoms with Gasteiger partial charge >= 0.3 is 15.6 Å². The number of β-amino-alcohol motifs (C(OH)–C–C–N with tert-alkyl or cyclic N) is 1. The van der Waals surface area contributed by atoms with Gasteiger partial charge in [0.1, 0.15) is 30.4 Å². The molecule has 2 aliphatic rings. The minimum absolute atomic E-state index is 0.0225. The van der Waals surface area contributed by atoms with Gasteiger partial charge in [-0.1, -0.05) is 51.5 Å². The topological polar surface area (TPSA) is 356 Å². The highest BCUT2D eigenvalue weighted by molar-refractivity contribution is 7.62. The molecule has 1 aromatic carbocycles. The lowest BCUT2D eigenvalue weighted by Crippen LogP contribution is -2.57. The van der Waals surface area contributed by atoms with Crippen LogP contribution in [-0.2, 0) is 43.6 Å². The van der Waals surface area contributed by atoms with Gasteiger partial charge in [0.2, 0.25) is 23.7 Å². The molecule has 11 N–H and O–H groups in total. The summed E-state index contributed by atoms with van der Waals surface area (Å²) in [5.74, 6) is -1.66. The van der Waals surface area contributed by atoms with E-state index in [9.17, 15) is 53.4 Å². The number of unbranched alkanes of at least 4 members (excludes halogenated alkanes) is 2. The predicted octanol–water partition coefficient (Wildman–Crippen LogP) is 0.946. The summed E-state index contributed by atoms with van der Waals surface area (Å²) in [6.45, 7) is 6.29. The molecule has 0 aliphatic carbocycles. The number of amides is 3. The Morgan fingerprint density at radius 2 is 1.80 bits per heavy atom. The molecule has 24 nitrogen and oxygen atoms in total. The zero-order valence-electron chi connectivity index (χ0n) is 35.9. The molecule has 3 aromatic heterocycles. The second-order valence-electron chi connectivity index (χ2n) is 16.9. The number of anilines is 1. The van der Waals surface area contributed by atoms with E-state index in [0.29, 0.717) is 12.8 Å². The SMILES string of the molecule is Cc1ncsc1-c1ccc(CNC(=O)C2CC(O)CN2C(=O)C(NC(=O)CCCCCNP(=O)(O)OP(=O)(O)OCC2OC(n3cnc4c(=O)[nH]c(N)nc43)C(O)C2O)C(C)(C)C)cc1. The third-order valence-electron chi connectivity index (χ3n) is 10.8. The van der Waals surface area contributed by atoms with Crippen molar-refractivity contribution < 1.29 is 62.2 Å². The predicted molar refractivity (Wildman–Crippen MR) is 233 cm³/mol. The fraction of sp³-hybridized carbons (Fsp3) is 0.553. The van der Waals surface area contributed by atoms with Crippen molar-refractivity contribution in [3.05, 3.63) is 57.7 Å². The van der Waals surface area contributed by atoms with Crippen LogP contribution in [0.4, 0.5) is 5.95 Å². The maximum absolute atomic E-state index is 14.0. The lowest BCUT2D eigenvalue weighted by molar-refractivity contribution is -0.144. The summed E-state index contributed by atoms with van der Waals surface area (Å²) < 4.78 is 41.2. The van der Waals surface area contributed by atoms with Crippen molar-refractivity contribution in [1.29, 1.82) is 0 Å². The maximum atomic E-state index is 14.0. The number of thiazole rings is 1. The summed E-state index contributed by atoms with van der Waals surface area (Å²) in [5, 5.41) is 39.4. The zero-order chi connectivity index (χ0) is 47.4. The Hall–Kier alpha value is -4.49. The number of aromatic nitrogens is 5. The molecule has 2 saturated heterocycles. The quantitative estimate of drug-likeness (QED) is 0.0462. The van der Waals surface area contributed by atoms with Crippen LogP contribution in [0.2, 0.25) is 0 Å². The van der Waals surface area contributed by atoms with E-state index in [4.69, 9.17) is 15.0 Å². The molecule has 6 rings (SSSR count). The number of aryl methyl sites for hydroxylation is 1. The molecule has 2 aliphatic heterocycles. The Labute approximate surface area is 376 Å². The van der Waals surface area contributed by atoms with Crippen molar-refractivity contribution in [3.63, 3.8) is 0 Å². The van der Waals surface area contributed by atoms with Crippen LogP contribution in [0, 0.1) is 12.3 Å². The van der Waals surface area contributed by atoms with E-state index in [1.54, 1.807) is 26.3 Å². The number of benzene rings is 1. The van der Waals surface area contributed by atoms with E-state index >= 15 is 0 Å². The first kappa shape index (κ1) is 49.9. The van der Waals surface area contributed by atoms with Gasteiger partial charge in [-0.2, -0.15) is 9.29 Å². The van der Waals surface area contributed by atoms with Crippen molar-refractivity contribution in [2.24, 2.45) is 5.41 Å². The van der Waals surface area contributed by atoms with Gasteiger partial charge in [-0.25, -0.2) is 24.2 Å². The summed E-state index contributed by atoms with van der Waals surface area (Å²) in [6.07, 6.45) is -5.14. The average Bonchev–Trinajstić information content (AvgIpc) is 4.01.